The first-order valence-corrected chi connectivity index (χ1v) is 3.48. The van der Waals surface area contributed by atoms with Gasteiger partial charge in [0.2, 0.25) is 0 Å². The molecule has 0 spiro atoms. The molecule has 0 amide bonds. The van der Waals surface area contributed by atoms with E-state index in [1.165, 1.54) is 17.0 Å². The van der Waals surface area contributed by atoms with Crippen molar-refractivity contribution < 1.29 is 14.8 Å². The van der Waals surface area contributed by atoms with Crippen molar-refractivity contribution in [3.63, 3.8) is 0 Å². The Kier molecular flexibility index (Phi) is 2.58. The quantitative estimate of drug-likeness (QED) is 0.536. The molecule has 0 aromatic carbocycles. The Balaban J connectivity index is 2.71. The van der Waals surface area contributed by atoms with Crippen LogP contribution >= 0.6 is 0 Å². The molecule has 0 fully saturated rings. The fourth-order valence-corrected chi connectivity index (χ4v) is 0.864. The SMILES string of the molecule is O=C(O)CCn1ccnc1[N+](=O)[O-]. The molecular formula is C6H7N3O4. The van der Waals surface area contributed by atoms with E-state index >= 15 is 0 Å². The molecule has 0 saturated carbocycles. The van der Waals surface area contributed by atoms with E-state index in [0.717, 1.165) is 0 Å². The number of carboxylic acid groups (broad SMARTS) is 1. The van der Waals surface area contributed by atoms with Crippen molar-refractivity contribution in [2.45, 2.75) is 13.0 Å². The Morgan fingerprint density at radius 3 is 3.00 bits per heavy atom. The van der Waals surface area contributed by atoms with E-state index in [2.05, 4.69) is 4.98 Å². The number of nitrogens with zero attached hydrogens (tertiary/aromatic N) is 3. The average Bonchev–Trinajstić information content (AvgIpc) is 2.47. The van der Waals surface area contributed by atoms with Crippen molar-refractivity contribution >= 4 is 11.9 Å². The van der Waals surface area contributed by atoms with E-state index in [1.54, 1.807) is 0 Å². The summed E-state index contributed by atoms with van der Waals surface area (Å²) in [4.78, 5) is 23.3. The molecule has 1 heterocycles. The topological polar surface area (TPSA) is 98.3 Å². The summed E-state index contributed by atoms with van der Waals surface area (Å²) < 4.78 is 1.19. The van der Waals surface area contributed by atoms with Gasteiger partial charge in [0, 0.05) is 0 Å². The van der Waals surface area contributed by atoms with Crippen LogP contribution in [0, 0.1) is 10.1 Å². The maximum atomic E-state index is 10.3. The Morgan fingerprint density at radius 1 is 1.77 bits per heavy atom. The van der Waals surface area contributed by atoms with Gasteiger partial charge >= 0.3 is 11.9 Å². The number of aliphatic carboxylic acids is 1. The van der Waals surface area contributed by atoms with Crippen molar-refractivity contribution in [3.8, 4) is 0 Å². The van der Waals surface area contributed by atoms with Crippen molar-refractivity contribution in [1.29, 1.82) is 0 Å². The normalized spacial score (nSPS) is 9.85. The number of carbonyl (C=O) groups is 1. The highest BCUT2D eigenvalue weighted by Crippen LogP contribution is 2.07. The lowest BCUT2D eigenvalue weighted by Crippen LogP contribution is -2.06. The van der Waals surface area contributed by atoms with E-state index < -0.39 is 10.9 Å². The van der Waals surface area contributed by atoms with Crippen LogP contribution in [0.15, 0.2) is 12.4 Å². The van der Waals surface area contributed by atoms with Crippen molar-refractivity contribution in [2.75, 3.05) is 0 Å². The maximum absolute atomic E-state index is 10.3. The minimum atomic E-state index is -0.997. The smallest absolute Gasteiger partial charge is 0.434 e. The second-order valence-electron chi connectivity index (χ2n) is 2.32. The van der Waals surface area contributed by atoms with Crippen LogP contribution in [-0.2, 0) is 11.3 Å². The van der Waals surface area contributed by atoms with Crippen LogP contribution in [0.2, 0.25) is 0 Å². The lowest BCUT2D eigenvalue weighted by atomic mass is 10.4. The zero-order valence-electron chi connectivity index (χ0n) is 6.58. The molecule has 0 aliphatic rings. The summed E-state index contributed by atoms with van der Waals surface area (Å²) in [5.74, 6) is -1.33. The summed E-state index contributed by atoms with van der Waals surface area (Å²) in [6, 6.07) is 0. The molecular weight excluding hydrogens is 178 g/mol. The second-order valence-corrected chi connectivity index (χ2v) is 2.32. The van der Waals surface area contributed by atoms with Crippen molar-refractivity contribution in [3.05, 3.63) is 22.5 Å². The third-order valence-corrected chi connectivity index (χ3v) is 1.42. The third kappa shape index (κ3) is 2.26. The van der Waals surface area contributed by atoms with Crippen LogP contribution in [0.3, 0.4) is 0 Å². The van der Waals surface area contributed by atoms with E-state index in [0.29, 0.717) is 0 Å². The molecule has 1 aromatic heterocycles. The lowest BCUT2D eigenvalue weighted by molar-refractivity contribution is -0.396. The summed E-state index contributed by atoms with van der Waals surface area (Å²) in [6.07, 6.45) is 2.48. The lowest BCUT2D eigenvalue weighted by Gasteiger charge is -1.97. The van der Waals surface area contributed by atoms with Crippen LogP contribution in [0.25, 0.3) is 0 Å². The highest BCUT2D eigenvalue weighted by Gasteiger charge is 2.14. The average molecular weight is 185 g/mol. The van der Waals surface area contributed by atoms with Crippen LogP contribution in [-0.4, -0.2) is 25.6 Å². The van der Waals surface area contributed by atoms with Gasteiger partial charge < -0.3 is 15.2 Å². The fraction of sp³-hybridized carbons (Fsp3) is 0.333. The second kappa shape index (κ2) is 3.65. The van der Waals surface area contributed by atoms with Gasteiger partial charge in [0.25, 0.3) is 0 Å². The predicted molar refractivity (Wildman–Crippen MR) is 41.1 cm³/mol. The number of aryl methyl sites for hydroxylation is 1. The molecule has 1 N–H and O–H groups in total. The summed E-state index contributed by atoms with van der Waals surface area (Å²) in [5.41, 5.74) is 0. The van der Waals surface area contributed by atoms with Crippen LogP contribution in [0.1, 0.15) is 6.42 Å². The fourth-order valence-electron chi connectivity index (χ4n) is 0.864. The third-order valence-electron chi connectivity index (χ3n) is 1.42. The van der Waals surface area contributed by atoms with Gasteiger partial charge in [-0.05, 0) is 4.92 Å². The minimum Gasteiger partial charge on any atom is -0.481 e. The molecule has 0 atom stereocenters. The number of hydrogen-bond donors (Lipinski definition) is 1. The number of carboxylic acids is 1. The molecule has 1 aromatic rings. The Bertz CT molecular complexity index is 332. The molecule has 13 heavy (non-hydrogen) atoms. The molecule has 7 heteroatoms. The first-order valence-electron chi connectivity index (χ1n) is 3.48. The van der Waals surface area contributed by atoms with Gasteiger partial charge in [-0.2, -0.15) is 0 Å². The highest BCUT2D eigenvalue weighted by molar-refractivity contribution is 5.66. The van der Waals surface area contributed by atoms with Gasteiger partial charge in [0.15, 0.2) is 0 Å². The summed E-state index contributed by atoms with van der Waals surface area (Å²) in [6.45, 7) is 0.0612. The Morgan fingerprint density at radius 2 is 2.46 bits per heavy atom. The van der Waals surface area contributed by atoms with E-state index in [4.69, 9.17) is 5.11 Å². The summed E-state index contributed by atoms with van der Waals surface area (Å²) >= 11 is 0. The number of nitro groups is 1. The number of rotatable bonds is 4. The predicted octanol–water partition coefficient (Wildman–Crippen LogP) is 0.266. The van der Waals surface area contributed by atoms with Gasteiger partial charge in [0.05, 0.1) is 13.0 Å². The zero-order valence-corrected chi connectivity index (χ0v) is 6.58. The minimum absolute atomic E-state index is 0.0612. The molecule has 7 nitrogen and oxygen atoms in total. The standard InChI is InChI=1S/C6H7N3O4/c10-5(11)1-3-8-4-2-7-6(8)9(12)13/h2,4H,1,3H2,(H,10,11). The van der Waals surface area contributed by atoms with Gasteiger partial charge in [-0.25, -0.2) is 4.57 Å². The molecule has 0 radical (unpaired) electrons. The first-order chi connectivity index (χ1) is 6.11. The van der Waals surface area contributed by atoms with Gasteiger partial charge in [-0.1, -0.05) is 4.98 Å². The summed E-state index contributed by atoms with van der Waals surface area (Å²) in [7, 11) is 0. The number of hydrogen-bond acceptors (Lipinski definition) is 4. The number of aromatic nitrogens is 2. The van der Waals surface area contributed by atoms with Crippen LogP contribution < -0.4 is 0 Å². The molecule has 0 bridgehead atoms. The van der Waals surface area contributed by atoms with E-state index in [1.807, 2.05) is 0 Å². The maximum Gasteiger partial charge on any atom is 0.434 e. The monoisotopic (exact) mass is 185 g/mol. The Labute approximate surface area is 72.8 Å². The molecule has 0 aliphatic carbocycles. The molecule has 0 unspecified atom stereocenters. The van der Waals surface area contributed by atoms with E-state index in [-0.39, 0.29) is 18.9 Å². The van der Waals surface area contributed by atoms with Crippen LogP contribution in [0.4, 0.5) is 5.95 Å². The van der Waals surface area contributed by atoms with Gasteiger partial charge in [0.1, 0.15) is 12.4 Å². The van der Waals surface area contributed by atoms with Crippen LogP contribution in [0.5, 0.6) is 0 Å². The van der Waals surface area contributed by atoms with Crippen molar-refractivity contribution in [2.24, 2.45) is 0 Å². The molecule has 1 rings (SSSR count). The summed E-state index contributed by atoms with van der Waals surface area (Å²) in [5, 5.41) is 18.6. The molecule has 0 aliphatic heterocycles. The van der Waals surface area contributed by atoms with Crippen molar-refractivity contribution in [1.82, 2.24) is 9.55 Å². The number of imidazole rings is 1. The first kappa shape index (κ1) is 9.17. The Hall–Kier alpha value is -1.92. The molecule has 0 saturated heterocycles. The zero-order chi connectivity index (χ0) is 9.84. The largest absolute Gasteiger partial charge is 0.481 e. The van der Waals surface area contributed by atoms with Gasteiger partial charge in [-0.3, -0.25) is 4.79 Å². The van der Waals surface area contributed by atoms with E-state index in [9.17, 15) is 14.9 Å². The van der Waals surface area contributed by atoms with Gasteiger partial charge in [-0.15, -0.1) is 0 Å². The molecule has 70 valence electrons. The highest BCUT2D eigenvalue weighted by atomic mass is 16.6.